The molecular weight excluding hydrogens is 1430 g/mol. The van der Waals surface area contributed by atoms with Crippen LogP contribution in [0.2, 0.25) is 0 Å². The average molecular weight is 1610 g/mol. The van der Waals surface area contributed by atoms with E-state index in [1.807, 2.05) is 0 Å². The monoisotopic (exact) mass is 1610 g/mol. The van der Waals surface area contributed by atoms with Gasteiger partial charge in [0, 0.05) is 25.7 Å². The van der Waals surface area contributed by atoms with Gasteiger partial charge < -0.3 is 33.8 Å². The summed E-state index contributed by atoms with van der Waals surface area (Å²) < 4.78 is 69.0. The maximum atomic E-state index is 13.2. The van der Waals surface area contributed by atoms with Crippen LogP contribution in [0.4, 0.5) is 0 Å². The quantitative estimate of drug-likeness (QED) is 0.0222. The van der Waals surface area contributed by atoms with Crippen molar-refractivity contribution in [3.05, 3.63) is 0 Å². The predicted molar refractivity (Wildman–Crippen MR) is 455 cm³/mol. The minimum Gasteiger partial charge on any atom is -0.462 e. The van der Waals surface area contributed by atoms with E-state index in [4.69, 9.17) is 37.0 Å². The third kappa shape index (κ3) is 82.6. The molecule has 654 valence electrons. The summed E-state index contributed by atoms with van der Waals surface area (Å²) in [7, 11) is -9.94. The summed E-state index contributed by atoms with van der Waals surface area (Å²) in [4.78, 5) is 73.4. The van der Waals surface area contributed by atoms with Crippen LogP contribution in [0.1, 0.15) is 485 Å². The van der Waals surface area contributed by atoms with Crippen molar-refractivity contribution in [1.82, 2.24) is 0 Å². The van der Waals surface area contributed by atoms with Gasteiger partial charge in [-0.05, 0) is 43.4 Å². The van der Waals surface area contributed by atoms with Crippen molar-refractivity contribution in [3.8, 4) is 0 Å². The van der Waals surface area contributed by atoms with Crippen LogP contribution in [0.25, 0.3) is 0 Å². The largest absolute Gasteiger partial charge is 0.472 e. The number of phosphoric ester groups is 2. The smallest absolute Gasteiger partial charge is 0.462 e. The van der Waals surface area contributed by atoms with Crippen LogP contribution in [0.5, 0.6) is 0 Å². The molecule has 0 heterocycles. The van der Waals surface area contributed by atoms with E-state index in [-0.39, 0.29) is 25.7 Å². The summed E-state index contributed by atoms with van der Waals surface area (Å²) in [6.07, 6.45) is 73.7. The Morgan fingerprint density at radius 1 is 0.264 bits per heavy atom. The van der Waals surface area contributed by atoms with Crippen molar-refractivity contribution in [2.24, 2.45) is 17.8 Å². The molecule has 0 aromatic carbocycles. The molecule has 0 amide bonds. The standard InChI is InChI=1S/C91H178O17P2/c1-8-10-11-12-13-14-15-16-17-28-34-39-44-53-60-67-74-91(96)108-87(79-102-89(94)73-66-59-52-47-46-49-56-63-70-83(5)6)81-106-110(99,100)104-77-85(92)76-103-109(97,98)105-80-86(78-101-88(93)72-65-58-51-43-38-33-29-24-20-18-22-26-31-36-41-48-55-62-69-82(3)4)107-90(95)75-68-61-54-45-40-35-30-25-21-19-23-27-32-37-42-50-57-64-71-84(7)9-2/h82-87,92H,8-81H2,1-7H3,(H,97,98)(H,99,100)/t84?,85-,86-,87-/m1/s1. The summed E-state index contributed by atoms with van der Waals surface area (Å²) in [6.45, 7) is 12.1. The number of aliphatic hydroxyl groups is 1. The zero-order chi connectivity index (χ0) is 80.8. The number of esters is 4. The summed E-state index contributed by atoms with van der Waals surface area (Å²) in [5.41, 5.74) is 0. The second-order valence-corrected chi connectivity index (χ2v) is 36.8. The lowest BCUT2D eigenvalue weighted by atomic mass is 9.99. The molecule has 0 bridgehead atoms. The molecule has 0 fully saturated rings. The summed E-state index contributed by atoms with van der Waals surface area (Å²) >= 11 is 0. The molecule has 0 radical (unpaired) electrons. The molecule has 6 atom stereocenters. The SMILES string of the molecule is CCCCCCCCCCCCCCCCCCC(=O)O[C@H](COC(=O)CCCCCCCCCCC(C)C)COP(=O)(O)OC[C@H](O)COP(=O)(O)OC[C@@H](COC(=O)CCCCCCCCCCCCCCCCCCCCC(C)C)OC(=O)CCCCCCCCCCCCCCCCCCCCC(C)CC. The number of phosphoric acid groups is 2. The Labute approximate surface area is 677 Å². The van der Waals surface area contributed by atoms with Crippen LogP contribution in [0, 0.1) is 17.8 Å². The molecule has 0 saturated carbocycles. The van der Waals surface area contributed by atoms with E-state index in [0.717, 1.165) is 108 Å². The Kier molecular flexibility index (Phi) is 79.4. The highest BCUT2D eigenvalue weighted by Gasteiger charge is 2.31. The Balaban J connectivity index is 5.23. The van der Waals surface area contributed by atoms with Gasteiger partial charge in [0.2, 0.25) is 0 Å². The van der Waals surface area contributed by atoms with Gasteiger partial charge in [-0.3, -0.25) is 37.3 Å². The van der Waals surface area contributed by atoms with E-state index in [0.29, 0.717) is 25.7 Å². The number of aliphatic hydroxyl groups excluding tert-OH is 1. The van der Waals surface area contributed by atoms with Gasteiger partial charge in [0.25, 0.3) is 0 Å². The van der Waals surface area contributed by atoms with Crippen molar-refractivity contribution in [1.29, 1.82) is 0 Å². The minimum atomic E-state index is -4.97. The molecule has 17 nitrogen and oxygen atoms in total. The highest BCUT2D eigenvalue weighted by atomic mass is 31.2. The molecular formula is C91H178O17P2. The zero-order valence-electron chi connectivity index (χ0n) is 72.7. The predicted octanol–water partition coefficient (Wildman–Crippen LogP) is 28.0. The highest BCUT2D eigenvalue weighted by Crippen LogP contribution is 2.45. The summed E-state index contributed by atoms with van der Waals surface area (Å²) in [5.74, 6) is 0.322. The first-order valence-corrected chi connectivity index (χ1v) is 49.9. The minimum absolute atomic E-state index is 0.108. The van der Waals surface area contributed by atoms with Gasteiger partial charge >= 0.3 is 39.5 Å². The normalized spacial score (nSPS) is 14.0. The number of carbonyl (C=O) groups excluding carboxylic acids is 4. The van der Waals surface area contributed by atoms with Gasteiger partial charge in [-0.2, -0.15) is 0 Å². The summed E-state index contributed by atoms with van der Waals surface area (Å²) in [6, 6.07) is 0. The molecule has 0 rings (SSSR count). The van der Waals surface area contributed by atoms with E-state index >= 15 is 0 Å². The van der Waals surface area contributed by atoms with Crippen molar-refractivity contribution in [2.45, 2.75) is 503 Å². The van der Waals surface area contributed by atoms with Gasteiger partial charge in [0.1, 0.15) is 19.3 Å². The number of ether oxygens (including phenoxy) is 4. The number of unbranched alkanes of at least 4 members (excludes halogenated alkanes) is 56. The van der Waals surface area contributed by atoms with E-state index in [1.165, 1.54) is 295 Å². The Morgan fingerprint density at radius 2 is 0.464 bits per heavy atom. The maximum absolute atomic E-state index is 13.2. The number of rotatable bonds is 89. The zero-order valence-corrected chi connectivity index (χ0v) is 74.5. The lowest BCUT2D eigenvalue weighted by Gasteiger charge is -2.21. The Bertz CT molecular complexity index is 2120. The van der Waals surface area contributed by atoms with Crippen LogP contribution >= 0.6 is 15.6 Å². The lowest BCUT2D eigenvalue weighted by molar-refractivity contribution is -0.161. The fraction of sp³-hybridized carbons (Fsp3) is 0.956. The molecule has 0 aromatic heterocycles. The van der Waals surface area contributed by atoms with Crippen LogP contribution in [0.3, 0.4) is 0 Å². The van der Waals surface area contributed by atoms with Gasteiger partial charge in [-0.25, -0.2) is 9.13 Å². The van der Waals surface area contributed by atoms with Gasteiger partial charge in [0.15, 0.2) is 12.2 Å². The first-order chi connectivity index (χ1) is 53.3. The molecule has 0 aliphatic rings. The topological polar surface area (TPSA) is 237 Å². The summed E-state index contributed by atoms with van der Waals surface area (Å²) in [5, 5.41) is 10.7. The number of carbonyl (C=O) groups is 4. The van der Waals surface area contributed by atoms with Crippen molar-refractivity contribution < 1.29 is 80.2 Å². The molecule has 3 N–H and O–H groups in total. The van der Waals surface area contributed by atoms with Gasteiger partial charge in [-0.15, -0.1) is 0 Å². The van der Waals surface area contributed by atoms with E-state index in [9.17, 15) is 43.2 Å². The first kappa shape index (κ1) is 108. The highest BCUT2D eigenvalue weighted by molar-refractivity contribution is 7.47. The Morgan fingerprint density at radius 3 is 0.691 bits per heavy atom. The number of hydrogen-bond donors (Lipinski definition) is 3. The second-order valence-electron chi connectivity index (χ2n) is 33.9. The van der Waals surface area contributed by atoms with Crippen LogP contribution < -0.4 is 0 Å². The van der Waals surface area contributed by atoms with Crippen LogP contribution in [0.15, 0.2) is 0 Å². The van der Waals surface area contributed by atoms with Gasteiger partial charge in [0.05, 0.1) is 26.4 Å². The van der Waals surface area contributed by atoms with E-state index < -0.39 is 97.5 Å². The molecule has 110 heavy (non-hydrogen) atoms. The molecule has 0 aromatic rings. The molecule has 0 saturated heterocycles. The molecule has 0 aliphatic carbocycles. The third-order valence-corrected chi connectivity index (χ3v) is 23.6. The lowest BCUT2D eigenvalue weighted by Crippen LogP contribution is -2.30. The maximum Gasteiger partial charge on any atom is 0.472 e. The van der Waals surface area contributed by atoms with Crippen LogP contribution in [-0.2, 0) is 65.4 Å². The molecule has 0 aliphatic heterocycles. The van der Waals surface area contributed by atoms with Gasteiger partial charge in [-0.1, -0.05) is 434 Å². The van der Waals surface area contributed by atoms with Crippen molar-refractivity contribution >= 4 is 39.5 Å². The van der Waals surface area contributed by atoms with E-state index in [1.54, 1.807) is 0 Å². The number of hydrogen-bond acceptors (Lipinski definition) is 15. The fourth-order valence-electron chi connectivity index (χ4n) is 14.2. The average Bonchev–Trinajstić information content (AvgIpc) is 0.900. The molecule has 0 spiro atoms. The van der Waals surface area contributed by atoms with Crippen molar-refractivity contribution in [2.75, 3.05) is 39.6 Å². The van der Waals surface area contributed by atoms with E-state index in [2.05, 4.69) is 48.5 Å². The van der Waals surface area contributed by atoms with Crippen LogP contribution in [-0.4, -0.2) is 96.7 Å². The molecule has 19 heteroatoms. The fourth-order valence-corrected chi connectivity index (χ4v) is 15.8. The second kappa shape index (κ2) is 80.8. The van der Waals surface area contributed by atoms with Crippen molar-refractivity contribution in [3.63, 3.8) is 0 Å². The first-order valence-electron chi connectivity index (χ1n) is 46.9. The third-order valence-electron chi connectivity index (χ3n) is 21.7. The molecule has 3 unspecified atom stereocenters. The Hall–Kier alpha value is -1.94.